The second-order valence-electron chi connectivity index (χ2n) is 4.63. The number of hydrogen-bond donors (Lipinski definition) is 2. The van der Waals surface area contributed by atoms with E-state index in [2.05, 4.69) is 21.4 Å². The Bertz CT molecular complexity index is 582. The van der Waals surface area contributed by atoms with Gasteiger partial charge in [-0.1, -0.05) is 40.2 Å². The number of hydrazine groups is 1. The van der Waals surface area contributed by atoms with Crippen molar-refractivity contribution in [1.82, 2.24) is 5.43 Å². The average Bonchev–Trinajstić information content (AvgIpc) is 2.53. The van der Waals surface area contributed by atoms with E-state index in [0.29, 0.717) is 19.4 Å². The Morgan fingerprint density at radius 2 is 1.67 bits per heavy atom. The van der Waals surface area contributed by atoms with Crippen LogP contribution >= 0.6 is 15.9 Å². The van der Waals surface area contributed by atoms with E-state index in [0.717, 1.165) is 21.3 Å². The predicted molar refractivity (Wildman–Crippen MR) is 85.6 cm³/mol. The zero-order valence-corrected chi connectivity index (χ0v) is 13.1. The minimum atomic E-state index is -0.162. The molecule has 0 aliphatic carbocycles. The lowest BCUT2D eigenvalue weighted by molar-refractivity contribution is -0.121. The van der Waals surface area contributed by atoms with Crippen molar-refractivity contribution >= 4 is 21.8 Å². The molecular formula is C16H17BrN2O2. The van der Waals surface area contributed by atoms with Crippen LogP contribution in [0.4, 0.5) is 0 Å². The zero-order chi connectivity index (χ0) is 15.1. The minimum Gasteiger partial charge on any atom is -0.489 e. The number of benzene rings is 2. The van der Waals surface area contributed by atoms with Crippen molar-refractivity contribution in [3.05, 3.63) is 64.1 Å². The molecule has 0 spiro atoms. The van der Waals surface area contributed by atoms with Crippen molar-refractivity contribution in [2.24, 2.45) is 5.84 Å². The van der Waals surface area contributed by atoms with E-state index in [1.807, 2.05) is 48.5 Å². The molecule has 0 aliphatic heterocycles. The normalized spacial score (nSPS) is 10.2. The molecule has 0 saturated carbocycles. The Morgan fingerprint density at radius 1 is 1.05 bits per heavy atom. The topological polar surface area (TPSA) is 64.3 Å². The molecule has 4 nitrogen and oxygen atoms in total. The van der Waals surface area contributed by atoms with Gasteiger partial charge in [0.2, 0.25) is 5.91 Å². The second kappa shape index (κ2) is 7.81. The van der Waals surface area contributed by atoms with Gasteiger partial charge >= 0.3 is 0 Å². The summed E-state index contributed by atoms with van der Waals surface area (Å²) in [6.45, 7) is 0.530. The molecule has 0 aliphatic rings. The first kappa shape index (κ1) is 15.5. The van der Waals surface area contributed by atoms with Gasteiger partial charge in [0, 0.05) is 10.9 Å². The Kier molecular flexibility index (Phi) is 5.78. The van der Waals surface area contributed by atoms with Crippen molar-refractivity contribution in [2.45, 2.75) is 19.4 Å². The van der Waals surface area contributed by atoms with Gasteiger partial charge in [-0.05, 0) is 41.8 Å². The molecule has 0 unspecified atom stereocenters. The molecule has 5 heteroatoms. The third-order valence-corrected chi connectivity index (χ3v) is 3.57. The maximum absolute atomic E-state index is 11.1. The highest BCUT2D eigenvalue weighted by Crippen LogP contribution is 2.16. The maximum atomic E-state index is 11.1. The van der Waals surface area contributed by atoms with Crippen LogP contribution in [0.1, 0.15) is 17.5 Å². The van der Waals surface area contributed by atoms with E-state index in [4.69, 9.17) is 10.6 Å². The summed E-state index contributed by atoms with van der Waals surface area (Å²) in [6, 6.07) is 15.8. The quantitative estimate of drug-likeness (QED) is 0.479. The van der Waals surface area contributed by atoms with Gasteiger partial charge in [-0.15, -0.1) is 0 Å². The fraction of sp³-hybridized carbons (Fsp3) is 0.188. The van der Waals surface area contributed by atoms with Gasteiger partial charge in [-0.3, -0.25) is 10.2 Å². The van der Waals surface area contributed by atoms with Crippen molar-refractivity contribution < 1.29 is 9.53 Å². The highest BCUT2D eigenvalue weighted by atomic mass is 79.9. The molecule has 1 amide bonds. The van der Waals surface area contributed by atoms with Crippen LogP contribution in [0.5, 0.6) is 5.75 Å². The fourth-order valence-corrected chi connectivity index (χ4v) is 2.09. The third kappa shape index (κ3) is 5.21. The summed E-state index contributed by atoms with van der Waals surface area (Å²) < 4.78 is 6.77. The third-order valence-electron chi connectivity index (χ3n) is 3.04. The van der Waals surface area contributed by atoms with Crippen molar-refractivity contribution in [3.8, 4) is 5.75 Å². The lowest BCUT2D eigenvalue weighted by Crippen LogP contribution is -2.30. The summed E-state index contributed by atoms with van der Waals surface area (Å²) in [4.78, 5) is 11.1. The number of carbonyl (C=O) groups excluding carboxylic acids is 1. The van der Waals surface area contributed by atoms with E-state index in [-0.39, 0.29) is 5.91 Å². The van der Waals surface area contributed by atoms with Crippen LogP contribution in [-0.4, -0.2) is 5.91 Å². The molecule has 110 valence electrons. The summed E-state index contributed by atoms with van der Waals surface area (Å²) in [6.07, 6.45) is 1.05. The first-order valence-electron chi connectivity index (χ1n) is 6.63. The Labute approximate surface area is 132 Å². The first-order valence-corrected chi connectivity index (χ1v) is 7.42. The Hall–Kier alpha value is -1.85. The molecule has 0 atom stereocenters. The van der Waals surface area contributed by atoms with E-state index >= 15 is 0 Å². The van der Waals surface area contributed by atoms with Crippen LogP contribution in [0.3, 0.4) is 0 Å². The molecule has 2 aromatic carbocycles. The van der Waals surface area contributed by atoms with Gasteiger partial charge in [-0.2, -0.15) is 0 Å². The van der Waals surface area contributed by atoms with Crippen LogP contribution < -0.4 is 16.0 Å². The van der Waals surface area contributed by atoms with Crippen LogP contribution in [0.15, 0.2) is 53.0 Å². The van der Waals surface area contributed by atoms with Gasteiger partial charge in [0.15, 0.2) is 0 Å². The minimum absolute atomic E-state index is 0.162. The van der Waals surface area contributed by atoms with Gasteiger partial charge in [-0.25, -0.2) is 5.84 Å². The van der Waals surface area contributed by atoms with Crippen LogP contribution in [0.25, 0.3) is 0 Å². The molecule has 0 saturated heterocycles. The first-order chi connectivity index (χ1) is 10.2. The summed E-state index contributed by atoms with van der Waals surface area (Å²) in [5.41, 5.74) is 4.31. The van der Waals surface area contributed by atoms with E-state index in [1.165, 1.54) is 0 Å². The molecule has 2 aromatic rings. The molecule has 2 rings (SSSR count). The van der Waals surface area contributed by atoms with E-state index in [9.17, 15) is 4.79 Å². The summed E-state index contributed by atoms with van der Waals surface area (Å²) in [5.74, 6) is 5.69. The van der Waals surface area contributed by atoms with Gasteiger partial charge < -0.3 is 4.74 Å². The van der Waals surface area contributed by atoms with Crippen molar-refractivity contribution in [3.63, 3.8) is 0 Å². The van der Waals surface area contributed by atoms with Gasteiger partial charge in [0.05, 0.1) is 0 Å². The summed E-state index contributed by atoms with van der Waals surface area (Å²) in [5, 5.41) is 0. The van der Waals surface area contributed by atoms with Gasteiger partial charge in [0.25, 0.3) is 0 Å². The van der Waals surface area contributed by atoms with Crippen LogP contribution in [0, 0.1) is 0 Å². The van der Waals surface area contributed by atoms with E-state index < -0.39 is 0 Å². The molecule has 0 aromatic heterocycles. The molecule has 3 N–H and O–H groups in total. The number of nitrogens with two attached hydrogens (primary N) is 1. The summed E-state index contributed by atoms with van der Waals surface area (Å²) in [7, 11) is 0. The lowest BCUT2D eigenvalue weighted by Gasteiger charge is -2.07. The number of halogens is 1. The smallest absolute Gasteiger partial charge is 0.234 e. The Morgan fingerprint density at radius 3 is 2.29 bits per heavy atom. The average molecular weight is 349 g/mol. The van der Waals surface area contributed by atoms with Crippen molar-refractivity contribution in [2.75, 3.05) is 0 Å². The Balaban J connectivity index is 1.84. The highest BCUT2D eigenvalue weighted by molar-refractivity contribution is 9.10. The number of rotatable bonds is 6. The molecular weight excluding hydrogens is 332 g/mol. The number of carbonyl (C=O) groups is 1. The second-order valence-corrected chi connectivity index (χ2v) is 5.54. The number of hydrogen-bond acceptors (Lipinski definition) is 3. The summed E-state index contributed by atoms with van der Waals surface area (Å²) >= 11 is 3.40. The lowest BCUT2D eigenvalue weighted by atomic mass is 10.1. The molecule has 21 heavy (non-hydrogen) atoms. The zero-order valence-electron chi connectivity index (χ0n) is 11.5. The highest BCUT2D eigenvalue weighted by Gasteiger charge is 2.01. The number of amides is 1. The van der Waals surface area contributed by atoms with E-state index in [1.54, 1.807) is 0 Å². The fourth-order valence-electron chi connectivity index (χ4n) is 1.83. The number of aryl methyl sites for hydroxylation is 1. The van der Waals surface area contributed by atoms with Crippen molar-refractivity contribution in [1.29, 1.82) is 0 Å². The SMILES string of the molecule is NNC(=O)CCc1ccc(OCc2ccc(Br)cc2)cc1. The molecule has 0 bridgehead atoms. The van der Waals surface area contributed by atoms with Crippen LogP contribution in [-0.2, 0) is 17.8 Å². The molecule has 0 radical (unpaired) electrons. The largest absolute Gasteiger partial charge is 0.489 e. The molecule has 0 heterocycles. The standard InChI is InChI=1S/C16H17BrN2O2/c17-14-6-1-13(2-7-14)11-21-15-8-3-12(4-9-15)5-10-16(20)19-18/h1-4,6-9H,5,10-11,18H2,(H,19,20). The van der Waals surface area contributed by atoms with Crippen LogP contribution in [0.2, 0.25) is 0 Å². The number of nitrogens with one attached hydrogen (secondary N) is 1. The maximum Gasteiger partial charge on any atom is 0.234 e. The monoisotopic (exact) mass is 348 g/mol. The van der Waals surface area contributed by atoms with Gasteiger partial charge in [0.1, 0.15) is 12.4 Å². The number of ether oxygens (including phenoxy) is 1. The predicted octanol–water partition coefficient (Wildman–Crippen LogP) is 2.95. The molecule has 0 fully saturated rings.